The molecule has 0 radical (unpaired) electrons. The Morgan fingerprint density at radius 1 is 1.29 bits per heavy atom. The van der Waals surface area contributed by atoms with Gasteiger partial charge in [-0.1, -0.05) is 12.1 Å². The van der Waals surface area contributed by atoms with Gasteiger partial charge in [0.1, 0.15) is 0 Å². The number of H-pyrrole nitrogens is 1. The number of hydrogen-bond donors (Lipinski definition) is 1. The lowest BCUT2D eigenvalue weighted by Crippen LogP contribution is -2.40. The van der Waals surface area contributed by atoms with Crippen LogP contribution in [0.5, 0.6) is 0 Å². The van der Waals surface area contributed by atoms with Crippen molar-refractivity contribution in [2.24, 2.45) is 0 Å². The van der Waals surface area contributed by atoms with Gasteiger partial charge in [0.25, 0.3) is 5.56 Å². The third-order valence-corrected chi connectivity index (χ3v) is 4.46. The first-order valence-corrected chi connectivity index (χ1v) is 7.47. The highest BCUT2D eigenvalue weighted by atomic mass is 16.2. The van der Waals surface area contributed by atoms with Crippen LogP contribution in [0.4, 0.5) is 0 Å². The number of aryl methyl sites for hydroxylation is 1. The molecule has 0 saturated carbocycles. The van der Waals surface area contributed by atoms with Crippen molar-refractivity contribution in [3.05, 3.63) is 44.6 Å². The highest BCUT2D eigenvalue weighted by molar-refractivity contribution is 5.80. The van der Waals surface area contributed by atoms with Gasteiger partial charge in [0.2, 0.25) is 0 Å². The summed E-state index contributed by atoms with van der Waals surface area (Å²) in [7, 11) is 0. The van der Waals surface area contributed by atoms with Gasteiger partial charge in [-0.3, -0.25) is 14.3 Å². The van der Waals surface area contributed by atoms with Crippen LogP contribution in [0.25, 0.3) is 10.9 Å². The molecule has 0 spiro atoms. The molecule has 1 aromatic carbocycles. The van der Waals surface area contributed by atoms with Gasteiger partial charge in [-0.05, 0) is 38.8 Å². The number of nitrogens with zero attached hydrogens (tertiary/aromatic N) is 2. The molecule has 2 heterocycles. The molecule has 21 heavy (non-hydrogen) atoms. The van der Waals surface area contributed by atoms with E-state index in [4.69, 9.17) is 0 Å². The molecule has 1 N–H and O–H groups in total. The van der Waals surface area contributed by atoms with Gasteiger partial charge >= 0.3 is 5.69 Å². The largest absolute Gasteiger partial charge is 0.329 e. The molecule has 0 bridgehead atoms. The summed E-state index contributed by atoms with van der Waals surface area (Å²) in [5.41, 5.74) is 1.07. The van der Waals surface area contributed by atoms with Gasteiger partial charge in [-0.25, -0.2) is 4.79 Å². The van der Waals surface area contributed by atoms with Crippen LogP contribution < -0.4 is 11.2 Å². The second-order valence-electron chi connectivity index (χ2n) is 6.13. The van der Waals surface area contributed by atoms with Crippen molar-refractivity contribution in [2.75, 3.05) is 13.1 Å². The first kappa shape index (κ1) is 14.1. The van der Waals surface area contributed by atoms with Crippen LogP contribution in [0.1, 0.15) is 31.9 Å². The van der Waals surface area contributed by atoms with Gasteiger partial charge in [0.05, 0.1) is 16.9 Å². The predicted molar refractivity (Wildman–Crippen MR) is 83.9 cm³/mol. The van der Waals surface area contributed by atoms with Crippen molar-refractivity contribution in [2.45, 2.75) is 39.3 Å². The first-order valence-electron chi connectivity index (χ1n) is 7.47. The summed E-state index contributed by atoms with van der Waals surface area (Å²) in [5.74, 6) is 0. The molecule has 5 heteroatoms. The van der Waals surface area contributed by atoms with Crippen LogP contribution in [0.2, 0.25) is 0 Å². The average molecular weight is 287 g/mol. The quantitative estimate of drug-likeness (QED) is 0.914. The normalized spacial score (nSPS) is 19.7. The minimum absolute atomic E-state index is 0.0346. The summed E-state index contributed by atoms with van der Waals surface area (Å²) in [6, 6.07) is 5.94. The molecule has 1 aliphatic heterocycles. The molecule has 1 fully saturated rings. The zero-order valence-corrected chi connectivity index (χ0v) is 12.7. The molecule has 0 amide bonds. The molecule has 0 aliphatic carbocycles. The molecule has 1 aliphatic rings. The number of fused-ring (bicyclic) bond motifs is 1. The van der Waals surface area contributed by atoms with Crippen LogP contribution in [0, 0.1) is 6.92 Å². The molecule has 1 unspecified atom stereocenters. The second kappa shape index (κ2) is 5.15. The van der Waals surface area contributed by atoms with Gasteiger partial charge in [-0.2, -0.15) is 0 Å². The van der Waals surface area contributed by atoms with E-state index in [1.54, 1.807) is 6.07 Å². The van der Waals surface area contributed by atoms with E-state index in [1.807, 2.05) is 19.1 Å². The fraction of sp³-hybridized carbons (Fsp3) is 0.500. The summed E-state index contributed by atoms with van der Waals surface area (Å²) in [6.45, 7) is 7.87. The summed E-state index contributed by atoms with van der Waals surface area (Å²) < 4.78 is 1.41. The molecular formula is C16H21N3O2. The number of hydrogen-bond acceptors (Lipinski definition) is 3. The zero-order valence-electron chi connectivity index (χ0n) is 12.7. The van der Waals surface area contributed by atoms with E-state index in [0.717, 1.165) is 25.1 Å². The van der Waals surface area contributed by atoms with E-state index < -0.39 is 0 Å². The number of aromatic amines is 1. The smallest absolute Gasteiger partial charge is 0.307 e. The Hall–Kier alpha value is -1.88. The molecule has 2 aromatic rings. The summed E-state index contributed by atoms with van der Waals surface area (Å²) >= 11 is 0. The minimum atomic E-state index is -0.297. The lowest BCUT2D eigenvalue weighted by molar-refractivity contribution is 0.263. The number of likely N-dealkylation sites (tertiary alicyclic amines) is 1. The Balaban J connectivity index is 2.14. The Morgan fingerprint density at radius 2 is 2.05 bits per heavy atom. The third-order valence-electron chi connectivity index (χ3n) is 4.46. The topological polar surface area (TPSA) is 58.1 Å². The van der Waals surface area contributed by atoms with E-state index in [0.29, 0.717) is 16.9 Å². The standard InChI is InChI=1S/C16H21N3O2/c1-10(2)18-8-7-12(9-18)19-15(20)14-11(3)5-4-6-13(14)17-16(19)21/h4-6,10,12H,7-9H2,1-3H3,(H,17,21). The fourth-order valence-corrected chi connectivity index (χ4v) is 3.22. The van der Waals surface area contributed by atoms with Crippen LogP contribution in [0.3, 0.4) is 0 Å². The first-order chi connectivity index (χ1) is 9.99. The molecular weight excluding hydrogens is 266 g/mol. The number of aromatic nitrogens is 2. The molecule has 1 saturated heterocycles. The van der Waals surface area contributed by atoms with E-state index in [-0.39, 0.29) is 17.3 Å². The molecule has 3 rings (SSSR count). The van der Waals surface area contributed by atoms with Crippen LogP contribution in [-0.2, 0) is 0 Å². The highest BCUT2D eigenvalue weighted by Gasteiger charge is 2.28. The van der Waals surface area contributed by atoms with Crippen molar-refractivity contribution in [1.29, 1.82) is 0 Å². The minimum Gasteiger partial charge on any atom is -0.307 e. The Morgan fingerprint density at radius 3 is 2.71 bits per heavy atom. The van der Waals surface area contributed by atoms with Gasteiger partial charge < -0.3 is 4.98 Å². The number of rotatable bonds is 2. The summed E-state index contributed by atoms with van der Waals surface area (Å²) in [6.07, 6.45) is 0.846. The Kier molecular flexibility index (Phi) is 3.45. The van der Waals surface area contributed by atoms with E-state index in [1.165, 1.54) is 4.57 Å². The molecule has 112 valence electrons. The van der Waals surface area contributed by atoms with Crippen molar-refractivity contribution in [1.82, 2.24) is 14.5 Å². The molecule has 1 aromatic heterocycles. The highest BCUT2D eigenvalue weighted by Crippen LogP contribution is 2.21. The van der Waals surface area contributed by atoms with Crippen molar-refractivity contribution < 1.29 is 0 Å². The summed E-state index contributed by atoms with van der Waals surface area (Å²) in [5, 5.41) is 0.625. The Bertz CT molecular complexity index is 788. The Labute approximate surface area is 123 Å². The number of nitrogens with one attached hydrogen (secondary N) is 1. The molecule has 1 atom stereocenters. The monoisotopic (exact) mass is 287 g/mol. The van der Waals surface area contributed by atoms with E-state index in [9.17, 15) is 9.59 Å². The van der Waals surface area contributed by atoms with Crippen molar-refractivity contribution in [3.8, 4) is 0 Å². The SMILES string of the molecule is Cc1cccc2[nH]c(=O)n(C3CCN(C(C)C)C3)c(=O)c12. The average Bonchev–Trinajstić information content (AvgIpc) is 2.88. The lowest BCUT2D eigenvalue weighted by Gasteiger charge is -2.20. The third kappa shape index (κ3) is 2.31. The van der Waals surface area contributed by atoms with Crippen molar-refractivity contribution in [3.63, 3.8) is 0 Å². The van der Waals surface area contributed by atoms with Gasteiger partial charge in [-0.15, -0.1) is 0 Å². The van der Waals surface area contributed by atoms with Crippen molar-refractivity contribution >= 4 is 10.9 Å². The second-order valence-corrected chi connectivity index (χ2v) is 6.13. The fourth-order valence-electron chi connectivity index (χ4n) is 3.22. The number of benzene rings is 1. The maximum absolute atomic E-state index is 12.8. The van der Waals surface area contributed by atoms with Gasteiger partial charge in [0, 0.05) is 19.1 Å². The van der Waals surface area contributed by atoms with Crippen LogP contribution >= 0.6 is 0 Å². The van der Waals surface area contributed by atoms with Gasteiger partial charge in [0.15, 0.2) is 0 Å². The molecule has 5 nitrogen and oxygen atoms in total. The lowest BCUT2D eigenvalue weighted by atomic mass is 10.1. The van der Waals surface area contributed by atoms with Crippen LogP contribution in [-0.4, -0.2) is 33.6 Å². The predicted octanol–water partition coefficient (Wildman–Crippen LogP) is 1.65. The van der Waals surface area contributed by atoms with E-state index >= 15 is 0 Å². The maximum Gasteiger partial charge on any atom is 0.329 e. The maximum atomic E-state index is 12.8. The zero-order chi connectivity index (χ0) is 15.1. The van der Waals surface area contributed by atoms with E-state index in [2.05, 4.69) is 23.7 Å². The summed E-state index contributed by atoms with van der Waals surface area (Å²) in [4.78, 5) is 30.2. The van der Waals surface area contributed by atoms with Crippen LogP contribution in [0.15, 0.2) is 27.8 Å².